The Kier molecular flexibility index (Phi) is 4.94. The number of nitrogens with one attached hydrogen (secondary N) is 1. The first-order valence-corrected chi connectivity index (χ1v) is 9.55. The molecule has 4 aromatic rings. The zero-order valence-corrected chi connectivity index (χ0v) is 16.1. The lowest BCUT2D eigenvalue weighted by atomic mass is 10.0. The number of fused-ring (bicyclic) bond motifs is 2. The maximum absolute atomic E-state index is 12.4. The Morgan fingerprint density at radius 2 is 1.71 bits per heavy atom. The fourth-order valence-electron chi connectivity index (χ4n) is 3.86. The van der Waals surface area contributed by atoms with Gasteiger partial charge in [0.05, 0.1) is 12.6 Å². The maximum atomic E-state index is 12.4. The number of carbonyl (C=O) groups is 1. The minimum absolute atomic E-state index is 0.121. The molecule has 4 rings (SSSR count). The third kappa shape index (κ3) is 3.29. The van der Waals surface area contributed by atoms with Crippen LogP contribution in [0, 0.1) is 6.92 Å². The molecule has 0 radical (unpaired) electrons. The Hall–Kier alpha value is -3.40. The van der Waals surface area contributed by atoms with E-state index in [1.807, 2.05) is 42.5 Å². The summed E-state index contributed by atoms with van der Waals surface area (Å²) < 4.78 is 2.26. The third-order valence-corrected chi connectivity index (χ3v) is 5.21. The molecule has 0 aliphatic heterocycles. The molecule has 4 nitrogen and oxygen atoms in total. The first-order valence-electron chi connectivity index (χ1n) is 9.55. The average Bonchev–Trinajstić information content (AvgIpc) is 2.99. The van der Waals surface area contributed by atoms with Gasteiger partial charge in [-0.2, -0.15) is 5.10 Å². The summed E-state index contributed by atoms with van der Waals surface area (Å²) in [5.41, 5.74) is 7.07. The highest BCUT2D eigenvalue weighted by Gasteiger charge is 2.11. The van der Waals surface area contributed by atoms with Gasteiger partial charge < -0.3 is 4.57 Å². The highest BCUT2D eigenvalue weighted by atomic mass is 16.2. The van der Waals surface area contributed by atoms with Crippen molar-refractivity contribution in [2.45, 2.75) is 26.8 Å². The van der Waals surface area contributed by atoms with Crippen LogP contribution in [-0.2, 0) is 17.8 Å². The van der Waals surface area contributed by atoms with Crippen LogP contribution >= 0.6 is 0 Å². The molecule has 0 atom stereocenters. The Morgan fingerprint density at radius 1 is 1.00 bits per heavy atom. The van der Waals surface area contributed by atoms with Gasteiger partial charge in [0.15, 0.2) is 0 Å². The van der Waals surface area contributed by atoms with Crippen LogP contribution in [0.5, 0.6) is 0 Å². The molecule has 0 aliphatic rings. The van der Waals surface area contributed by atoms with Gasteiger partial charge in [0, 0.05) is 28.7 Å². The number of rotatable bonds is 5. The van der Waals surface area contributed by atoms with Crippen molar-refractivity contribution in [2.24, 2.45) is 5.10 Å². The standard InChI is InChI=1S/C24H23N3O/c1-3-27-17(2)22(21-13-6-7-14-23(21)27)16-25-26-24(28)15-19-11-8-10-18-9-4-5-12-20(18)19/h4-14,16H,3,15H2,1-2H3,(H,26,28)/b25-16-. The molecule has 3 aromatic carbocycles. The number of amides is 1. The minimum atomic E-state index is -0.121. The predicted molar refractivity (Wildman–Crippen MR) is 116 cm³/mol. The molecule has 1 amide bonds. The van der Waals surface area contributed by atoms with Crippen molar-refractivity contribution in [3.63, 3.8) is 0 Å². The average molecular weight is 369 g/mol. The van der Waals surface area contributed by atoms with Gasteiger partial charge in [0.2, 0.25) is 5.91 Å². The third-order valence-electron chi connectivity index (χ3n) is 5.21. The number of para-hydroxylation sites is 1. The lowest BCUT2D eigenvalue weighted by molar-refractivity contribution is -0.120. The Balaban J connectivity index is 1.53. The zero-order valence-electron chi connectivity index (χ0n) is 16.1. The van der Waals surface area contributed by atoms with Crippen molar-refractivity contribution in [3.8, 4) is 0 Å². The van der Waals surface area contributed by atoms with Gasteiger partial charge >= 0.3 is 0 Å². The van der Waals surface area contributed by atoms with Crippen LogP contribution in [0.3, 0.4) is 0 Å². The van der Waals surface area contributed by atoms with Gasteiger partial charge in [0.25, 0.3) is 0 Å². The van der Waals surface area contributed by atoms with E-state index in [9.17, 15) is 4.79 Å². The Morgan fingerprint density at radius 3 is 2.54 bits per heavy atom. The van der Waals surface area contributed by atoms with E-state index in [2.05, 4.69) is 53.2 Å². The van der Waals surface area contributed by atoms with E-state index in [4.69, 9.17) is 0 Å². The van der Waals surface area contributed by atoms with Crippen LogP contribution in [0.15, 0.2) is 71.8 Å². The zero-order chi connectivity index (χ0) is 19.5. The normalized spacial score (nSPS) is 11.5. The van der Waals surface area contributed by atoms with Gasteiger partial charge in [-0.1, -0.05) is 60.7 Å². The summed E-state index contributed by atoms with van der Waals surface area (Å²) in [6.07, 6.45) is 2.05. The summed E-state index contributed by atoms with van der Waals surface area (Å²) >= 11 is 0. The molecule has 1 aromatic heterocycles. The summed E-state index contributed by atoms with van der Waals surface area (Å²) in [7, 11) is 0. The van der Waals surface area contributed by atoms with E-state index in [-0.39, 0.29) is 5.91 Å². The van der Waals surface area contributed by atoms with E-state index in [0.717, 1.165) is 39.5 Å². The molecule has 0 saturated heterocycles. The van der Waals surface area contributed by atoms with Crippen LogP contribution in [0.4, 0.5) is 0 Å². The monoisotopic (exact) mass is 369 g/mol. The fraction of sp³-hybridized carbons (Fsp3) is 0.167. The summed E-state index contributed by atoms with van der Waals surface area (Å²) in [6, 6.07) is 22.4. The second-order valence-electron chi connectivity index (χ2n) is 6.87. The molecule has 0 aliphatic carbocycles. The van der Waals surface area contributed by atoms with Crippen molar-refractivity contribution >= 4 is 33.8 Å². The van der Waals surface area contributed by atoms with Crippen LogP contribution in [0.1, 0.15) is 23.7 Å². The van der Waals surface area contributed by atoms with Gasteiger partial charge in [-0.05, 0) is 36.2 Å². The van der Waals surface area contributed by atoms with E-state index in [1.54, 1.807) is 6.21 Å². The summed E-state index contributed by atoms with van der Waals surface area (Å²) in [5.74, 6) is -0.121. The molecule has 0 spiro atoms. The molecular formula is C24H23N3O. The number of hydrogen-bond acceptors (Lipinski definition) is 2. The lowest BCUT2D eigenvalue weighted by Crippen LogP contribution is -2.20. The molecule has 0 unspecified atom stereocenters. The second-order valence-corrected chi connectivity index (χ2v) is 6.87. The van der Waals surface area contributed by atoms with E-state index < -0.39 is 0 Å². The molecule has 1 N–H and O–H groups in total. The molecule has 0 fully saturated rings. The van der Waals surface area contributed by atoms with Crippen molar-refractivity contribution in [2.75, 3.05) is 0 Å². The molecule has 0 saturated carbocycles. The van der Waals surface area contributed by atoms with E-state index in [1.165, 1.54) is 5.52 Å². The number of benzene rings is 3. The minimum Gasteiger partial charge on any atom is -0.344 e. The SMILES string of the molecule is CCn1c(C)c(/C=N\NC(=O)Cc2cccc3ccccc23)c2ccccc21. The smallest absolute Gasteiger partial charge is 0.244 e. The Labute approximate surface area is 164 Å². The first kappa shape index (κ1) is 18.0. The van der Waals surface area contributed by atoms with E-state index in [0.29, 0.717) is 6.42 Å². The second kappa shape index (κ2) is 7.69. The van der Waals surface area contributed by atoms with E-state index >= 15 is 0 Å². The van der Waals surface area contributed by atoms with Crippen molar-refractivity contribution in [3.05, 3.63) is 83.6 Å². The van der Waals surface area contributed by atoms with Gasteiger partial charge in [-0.15, -0.1) is 0 Å². The van der Waals surface area contributed by atoms with Crippen LogP contribution in [-0.4, -0.2) is 16.7 Å². The van der Waals surface area contributed by atoms with Crippen LogP contribution < -0.4 is 5.43 Å². The molecule has 28 heavy (non-hydrogen) atoms. The van der Waals surface area contributed by atoms with Gasteiger partial charge in [-0.3, -0.25) is 4.79 Å². The van der Waals surface area contributed by atoms with Gasteiger partial charge in [0.1, 0.15) is 0 Å². The maximum Gasteiger partial charge on any atom is 0.244 e. The summed E-state index contributed by atoms with van der Waals surface area (Å²) in [5, 5.41) is 7.63. The largest absolute Gasteiger partial charge is 0.344 e. The predicted octanol–water partition coefficient (Wildman–Crippen LogP) is 4.82. The Bertz CT molecular complexity index is 1180. The molecule has 0 bridgehead atoms. The quantitative estimate of drug-likeness (QED) is 0.398. The molecule has 140 valence electrons. The van der Waals surface area contributed by atoms with Crippen molar-refractivity contribution in [1.29, 1.82) is 0 Å². The highest BCUT2D eigenvalue weighted by Crippen LogP contribution is 2.24. The number of hydrazone groups is 1. The topological polar surface area (TPSA) is 46.4 Å². The lowest BCUT2D eigenvalue weighted by Gasteiger charge is -2.05. The highest BCUT2D eigenvalue weighted by molar-refractivity contribution is 6.01. The summed E-state index contributed by atoms with van der Waals surface area (Å²) in [6.45, 7) is 5.11. The number of nitrogens with zero attached hydrogens (tertiary/aromatic N) is 2. The summed E-state index contributed by atoms with van der Waals surface area (Å²) in [4.78, 5) is 12.4. The number of carbonyl (C=O) groups excluding carboxylic acids is 1. The number of hydrogen-bond donors (Lipinski definition) is 1. The van der Waals surface area contributed by atoms with Crippen molar-refractivity contribution in [1.82, 2.24) is 9.99 Å². The number of aryl methyl sites for hydroxylation is 1. The van der Waals surface area contributed by atoms with Crippen molar-refractivity contribution < 1.29 is 4.79 Å². The van der Waals surface area contributed by atoms with Crippen LogP contribution in [0.2, 0.25) is 0 Å². The molecular weight excluding hydrogens is 346 g/mol. The van der Waals surface area contributed by atoms with Crippen LogP contribution in [0.25, 0.3) is 21.7 Å². The first-order chi connectivity index (χ1) is 13.7. The fourth-order valence-corrected chi connectivity index (χ4v) is 3.86. The van der Waals surface area contributed by atoms with Gasteiger partial charge in [-0.25, -0.2) is 5.43 Å². The molecule has 1 heterocycles. The number of aromatic nitrogens is 1. The molecule has 4 heteroatoms.